The maximum atomic E-state index is 12.7. The molecule has 0 aliphatic rings. The molecule has 314 valence electrons. The first kappa shape index (κ1) is 51.3. The first-order chi connectivity index (χ1) is 26.1. The lowest BCUT2D eigenvalue weighted by molar-refractivity contribution is -0.158. The van der Waals surface area contributed by atoms with Gasteiger partial charge in [-0.1, -0.05) is 131 Å². The van der Waals surface area contributed by atoms with Gasteiger partial charge in [0.15, 0.2) is 0 Å². The molecule has 0 saturated heterocycles. The van der Waals surface area contributed by atoms with E-state index in [1.165, 1.54) is 77.0 Å². The van der Waals surface area contributed by atoms with Crippen LogP contribution in [0.4, 0.5) is 0 Å². The molecule has 0 spiro atoms. The number of rotatable bonds is 39. The molecule has 0 aromatic heterocycles. The highest BCUT2D eigenvalue weighted by Crippen LogP contribution is 2.26. The van der Waals surface area contributed by atoms with Gasteiger partial charge in [0, 0.05) is 38.2 Å². The molecule has 0 aliphatic heterocycles. The van der Waals surface area contributed by atoms with E-state index in [1.807, 2.05) is 13.8 Å². The maximum Gasteiger partial charge on any atom is 0.330 e. The molecule has 10 heteroatoms. The second kappa shape index (κ2) is 34.7. The van der Waals surface area contributed by atoms with E-state index in [1.54, 1.807) is 0 Å². The Kier molecular flexibility index (Phi) is 33.0. The Morgan fingerprint density at radius 2 is 0.741 bits per heavy atom. The standard InChI is InChI=1S/C44H78O10/c1-7-13-15-17-19-21-23-27-31-49-33-43(11-5,35-51-39(45)9-3)37-53-41(47)29-25-26-30-42(48)54-38-44(12-6,36-52-40(46)10-4)34-50-32-28-24-22-20-18-16-14-8-2/h9-10H,3-4,7-8,11-38H2,1-2,5-6H3. The van der Waals surface area contributed by atoms with Crippen LogP contribution in [0.2, 0.25) is 0 Å². The first-order valence-electron chi connectivity index (χ1n) is 21.2. The van der Waals surface area contributed by atoms with Gasteiger partial charge in [-0.05, 0) is 38.5 Å². The largest absolute Gasteiger partial charge is 0.465 e. The van der Waals surface area contributed by atoms with Crippen molar-refractivity contribution in [2.24, 2.45) is 10.8 Å². The molecule has 0 amide bonds. The number of carbonyl (C=O) groups is 4. The van der Waals surface area contributed by atoms with Crippen LogP contribution in [0.25, 0.3) is 0 Å². The van der Waals surface area contributed by atoms with Gasteiger partial charge in [0.05, 0.1) is 24.0 Å². The van der Waals surface area contributed by atoms with Gasteiger partial charge in [-0.25, -0.2) is 9.59 Å². The summed E-state index contributed by atoms with van der Waals surface area (Å²) in [6.45, 7) is 17.3. The van der Waals surface area contributed by atoms with Crippen LogP contribution in [0.3, 0.4) is 0 Å². The fourth-order valence-electron chi connectivity index (χ4n) is 5.83. The minimum absolute atomic E-state index is 0.0567. The maximum absolute atomic E-state index is 12.7. The average Bonchev–Trinajstić information content (AvgIpc) is 3.19. The normalized spacial score (nSPS) is 13.3. The van der Waals surface area contributed by atoms with Crippen molar-refractivity contribution in [2.45, 2.75) is 169 Å². The van der Waals surface area contributed by atoms with Crippen LogP contribution in [0.15, 0.2) is 25.3 Å². The van der Waals surface area contributed by atoms with Crippen molar-refractivity contribution in [3.63, 3.8) is 0 Å². The summed E-state index contributed by atoms with van der Waals surface area (Å²) in [6, 6.07) is 0. The van der Waals surface area contributed by atoms with Gasteiger partial charge in [-0.2, -0.15) is 0 Å². The molecular formula is C44H78O10. The molecule has 0 fully saturated rings. The van der Waals surface area contributed by atoms with E-state index in [2.05, 4.69) is 27.0 Å². The van der Waals surface area contributed by atoms with Gasteiger partial charge in [-0.3, -0.25) is 9.59 Å². The molecule has 2 unspecified atom stereocenters. The zero-order valence-corrected chi connectivity index (χ0v) is 34.9. The highest BCUT2D eigenvalue weighted by molar-refractivity contribution is 5.81. The molecule has 0 aliphatic carbocycles. The monoisotopic (exact) mass is 767 g/mol. The Morgan fingerprint density at radius 3 is 1.06 bits per heavy atom. The zero-order valence-electron chi connectivity index (χ0n) is 34.9. The molecule has 10 nitrogen and oxygen atoms in total. The van der Waals surface area contributed by atoms with Gasteiger partial charge in [0.2, 0.25) is 0 Å². The van der Waals surface area contributed by atoms with Crippen LogP contribution < -0.4 is 0 Å². The minimum atomic E-state index is -0.665. The van der Waals surface area contributed by atoms with E-state index in [9.17, 15) is 19.2 Å². The summed E-state index contributed by atoms with van der Waals surface area (Å²) >= 11 is 0. The predicted octanol–water partition coefficient (Wildman–Crippen LogP) is 10.2. The highest BCUT2D eigenvalue weighted by Gasteiger charge is 2.34. The smallest absolute Gasteiger partial charge is 0.330 e. The van der Waals surface area contributed by atoms with Crippen LogP contribution in [-0.2, 0) is 47.6 Å². The summed E-state index contributed by atoms with van der Waals surface area (Å²) in [4.78, 5) is 49.1. The van der Waals surface area contributed by atoms with Crippen LogP contribution in [0, 0.1) is 10.8 Å². The van der Waals surface area contributed by atoms with E-state index in [0.717, 1.165) is 37.8 Å². The molecule has 0 aromatic rings. The molecule has 0 heterocycles. The van der Waals surface area contributed by atoms with E-state index < -0.39 is 22.8 Å². The van der Waals surface area contributed by atoms with Crippen molar-refractivity contribution in [1.29, 1.82) is 0 Å². The summed E-state index contributed by atoms with van der Waals surface area (Å²) in [5.74, 6) is -1.84. The Morgan fingerprint density at radius 1 is 0.426 bits per heavy atom. The molecule has 54 heavy (non-hydrogen) atoms. The van der Waals surface area contributed by atoms with Crippen LogP contribution in [0.5, 0.6) is 0 Å². The SMILES string of the molecule is C=CC(=O)OCC(CC)(COCCCCCCCCCC)COC(=O)CCCCC(=O)OCC(CC)(COCCCCCCCCCC)COC(=O)C=C. The summed E-state index contributed by atoms with van der Waals surface area (Å²) in [6.07, 6.45) is 23.9. The number of unbranched alkanes of at least 4 members (excludes halogenated alkanes) is 15. The molecule has 0 radical (unpaired) electrons. The molecular weight excluding hydrogens is 688 g/mol. The lowest BCUT2D eigenvalue weighted by atomic mass is 9.88. The first-order valence-corrected chi connectivity index (χ1v) is 21.2. The summed E-state index contributed by atoms with van der Waals surface area (Å²) in [7, 11) is 0. The second-order valence-corrected chi connectivity index (χ2v) is 14.9. The van der Waals surface area contributed by atoms with Crippen LogP contribution >= 0.6 is 0 Å². The average molecular weight is 767 g/mol. The van der Waals surface area contributed by atoms with Crippen LogP contribution in [-0.4, -0.2) is 76.7 Å². The Bertz CT molecular complexity index is 920. The number of hydrogen-bond acceptors (Lipinski definition) is 10. The van der Waals surface area contributed by atoms with Crippen molar-refractivity contribution in [3.8, 4) is 0 Å². The number of carbonyl (C=O) groups excluding carboxylic acids is 4. The third-order valence-electron chi connectivity index (χ3n) is 10.1. The lowest BCUT2D eigenvalue weighted by Crippen LogP contribution is -2.38. The fraction of sp³-hybridized carbons (Fsp3) is 0.818. The second-order valence-electron chi connectivity index (χ2n) is 14.9. The van der Waals surface area contributed by atoms with E-state index in [0.29, 0.717) is 52.1 Å². The van der Waals surface area contributed by atoms with Gasteiger partial charge in [-0.15, -0.1) is 0 Å². The van der Waals surface area contributed by atoms with Gasteiger partial charge in [0.1, 0.15) is 26.4 Å². The van der Waals surface area contributed by atoms with Gasteiger partial charge < -0.3 is 28.4 Å². The number of ether oxygens (including phenoxy) is 6. The fourth-order valence-corrected chi connectivity index (χ4v) is 5.83. The lowest BCUT2D eigenvalue weighted by Gasteiger charge is -2.31. The summed E-state index contributed by atoms with van der Waals surface area (Å²) in [5.41, 5.74) is -1.33. The van der Waals surface area contributed by atoms with Gasteiger partial charge >= 0.3 is 23.9 Å². The molecule has 0 bridgehead atoms. The van der Waals surface area contributed by atoms with E-state index >= 15 is 0 Å². The van der Waals surface area contributed by atoms with Crippen LogP contribution in [0.1, 0.15) is 169 Å². The van der Waals surface area contributed by atoms with Crippen molar-refractivity contribution < 1.29 is 47.6 Å². The molecule has 2 atom stereocenters. The van der Waals surface area contributed by atoms with Crippen molar-refractivity contribution in [2.75, 3.05) is 52.9 Å². The van der Waals surface area contributed by atoms with E-state index in [-0.39, 0.29) is 51.2 Å². The number of hydrogen-bond donors (Lipinski definition) is 0. The Balaban J connectivity index is 4.74. The zero-order chi connectivity index (χ0) is 40.2. The predicted molar refractivity (Wildman–Crippen MR) is 215 cm³/mol. The Hall–Kier alpha value is -2.72. The quantitative estimate of drug-likeness (QED) is 0.0258. The minimum Gasteiger partial charge on any atom is -0.465 e. The summed E-state index contributed by atoms with van der Waals surface area (Å²) in [5, 5.41) is 0. The van der Waals surface area contributed by atoms with Crippen molar-refractivity contribution in [3.05, 3.63) is 25.3 Å². The molecule has 0 N–H and O–H groups in total. The van der Waals surface area contributed by atoms with Crippen molar-refractivity contribution in [1.82, 2.24) is 0 Å². The summed E-state index contributed by atoms with van der Waals surface area (Å²) < 4.78 is 34.1. The number of esters is 4. The highest BCUT2D eigenvalue weighted by atomic mass is 16.6. The molecule has 0 rings (SSSR count). The third kappa shape index (κ3) is 27.8. The topological polar surface area (TPSA) is 124 Å². The van der Waals surface area contributed by atoms with Crippen molar-refractivity contribution >= 4 is 23.9 Å². The third-order valence-corrected chi connectivity index (χ3v) is 10.1. The molecule has 0 saturated carbocycles. The molecule has 0 aromatic carbocycles. The van der Waals surface area contributed by atoms with Gasteiger partial charge in [0.25, 0.3) is 0 Å². The Labute approximate surface area is 328 Å². The van der Waals surface area contributed by atoms with E-state index in [4.69, 9.17) is 28.4 Å².